The molecule has 1 aromatic rings. The second-order valence-electron chi connectivity index (χ2n) is 4.18. The largest absolute Gasteiger partial charge is 0.478 e. The van der Waals surface area contributed by atoms with Crippen LogP contribution in [-0.4, -0.2) is 28.8 Å². The summed E-state index contributed by atoms with van der Waals surface area (Å²) < 4.78 is 0. The Morgan fingerprint density at radius 3 is 2.53 bits per heavy atom. The van der Waals surface area contributed by atoms with Gasteiger partial charge in [-0.2, -0.15) is 0 Å². The van der Waals surface area contributed by atoms with E-state index in [-0.39, 0.29) is 29.2 Å². The first kappa shape index (κ1) is 13.8. The zero-order valence-corrected chi connectivity index (χ0v) is 10.5. The van der Waals surface area contributed by atoms with Gasteiger partial charge in [-0.25, -0.2) is 4.79 Å². The maximum atomic E-state index is 10.8. The van der Waals surface area contributed by atoms with E-state index in [0.29, 0.717) is 5.69 Å². The first-order chi connectivity index (χ1) is 7.95. The molecule has 94 valence electrons. The molecule has 0 spiro atoms. The molecule has 0 bridgehead atoms. The van der Waals surface area contributed by atoms with E-state index in [4.69, 9.17) is 16.7 Å². The molecule has 0 saturated carbocycles. The minimum absolute atomic E-state index is 0.00989. The Bertz CT molecular complexity index is 407. The highest BCUT2D eigenvalue weighted by Gasteiger charge is 2.13. The van der Waals surface area contributed by atoms with Crippen molar-refractivity contribution in [1.82, 2.24) is 0 Å². The van der Waals surface area contributed by atoms with Crippen LogP contribution in [0.25, 0.3) is 0 Å². The van der Waals surface area contributed by atoms with Crippen LogP contribution in [-0.2, 0) is 0 Å². The number of rotatable bonds is 5. The van der Waals surface area contributed by atoms with Gasteiger partial charge in [0.15, 0.2) is 0 Å². The third kappa shape index (κ3) is 3.61. The maximum Gasteiger partial charge on any atom is 0.337 e. The van der Waals surface area contributed by atoms with Gasteiger partial charge in [-0.15, -0.1) is 0 Å². The number of aliphatic hydroxyl groups excluding tert-OH is 1. The van der Waals surface area contributed by atoms with E-state index >= 15 is 0 Å². The quantitative estimate of drug-likeness (QED) is 0.758. The van der Waals surface area contributed by atoms with Gasteiger partial charge in [-0.05, 0) is 24.1 Å². The Balaban J connectivity index is 2.87. The first-order valence-electron chi connectivity index (χ1n) is 5.36. The minimum atomic E-state index is -1.05. The zero-order valence-electron chi connectivity index (χ0n) is 9.77. The van der Waals surface area contributed by atoms with Gasteiger partial charge < -0.3 is 15.5 Å². The van der Waals surface area contributed by atoms with E-state index in [1.165, 1.54) is 6.07 Å². The molecule has 0 aliphatic carbocycles. The molecule has 17 heavy (non-hydrogen) atoms. The number of carbonyl (C=O) groups is 1. The van der Waals surface area contributed by atoms with E-state index in [9.17, 15) is 9.90 Å². The van der Waals surface area contributed by atoms with Gasteiger partial charge in [0.25, 0.3) is 0 Å². The number of carboxylic acids is 1. The van der Waals surface area contributed by atoms with Crippen LogP contribution in [0, 0.1) is 5.92 Å². The Kier molecular flexibility index (Phi) is 4.78. The van der Waals surface area contributed by atoms with Crippen LogP contribution in [0.4, 0.5) is 5.69 Å². The first-order valence-corrected chi connectivity index (χ1v) is 5.73. The van der Waals surface area contributed by atoms with Crippen molar-refractivity contribution in [3.8, 4) is 0 Å². The highest BCUT2D eigenvalue weighted by molar-refractivity contribution is 6.33. The van der Waals surface area contributed by atoms with Crippen molar-refractivity contribution >= 4 is 23.3 Å². The summed E-state index contributed by atoms with van der Waals surface area (Å²) in [5.41, 5.74) is 0.773. The normalized spacial score (nSPS) is 12.5. The smallest absolute Gasteiger partial charge is 0.337 e. The molecular formula is C12H16ClNO3. The van der Waals surface area contributed by atoms with Gasteiger partial charge in [-0.3, -0.25) is 0 Å². The van der Waals surface area contributed by atoms with Crippen LogP contribution < -0.4 is 5.32 Å². The Labute approximate surface area is 105 Å². The molecule has 1 atom stereocenters. The number of aromatic carboxylic acids is 1. The minimum Gasteiger partial charge on any atom is -0.478 e. The Morgan fingerprint density at radius 2 is 2.12 bits per heavy atom. The van der Waals surface area contributed by atoms with E-state index < -0.39 is 5.97 Å². The van der Waals surface area contributed by atoms with Gasteiger partial charge in [0, 0.05) is 5.69 Å². The van der Waals surface area contributed by atoms with Crippen molar-refractivity contribution in [2.24, 2.45) is 5.92 Å². The van der Waals surface area contributed by atoms with Gasteiger partial charge in [0.05, 0.1) is 23.2 Å². The van der Waals surface area contributed by atoms with Crippen molar-refractivity contribution in [2.45, 2.75) is 19.9 Å². The molecule has 1 rings (SSSR count). The van der Waals surface area contributed by atoms with Gasteiger partial charge in [-0.1, -0.05) is 25.4 Å². The van der Waals surface area contributed by atoms with E-state index in [1.54, 1.807) is 12.1 Å². The second kappa shape index (κ2) is 5.89. The summed E-state index contributed by atoms with van der Waals surface area (Å²) in [7, 11) is 0. The monoisotopic (exact) mass is 257 g/mol. The molecule has 0 saturated heterocycles. The molecule has 4 nitrogen and oxygen atoms in total. The number of carboxylic acid groups (broad SMARTS) is 1. The molecule has 0 aliphatic heterocycles. The Morgan fingerprint density at radius 1 is 1.47 bits per heavy atom. The third-order valence-corrected chi connectivity index (χ3v) is 2.87. The van der Waals surface area contributed by atoms with Crippen molar-refractivity contribution in [3.63, 3.8) is 0 Å². The summed E-state index contributed by atoms with van der Waals surface area (Å²) in [4.78, 5) is 10.8. The number of benzene rings is 1. The number of halogens is 1. The molecule has 3 N–H and O–H groups in total. The molecule has 0 heterocycles. The number of nitrogens with one attached hydrogen (secondary N) is 1. The highest BCUT2D eigenvalue weighted by atomic mass is 35.5. The van der Waals surface area contributed by atoms with Crippen molar-refractivity contribution in [2.75, 3.05) is 11.9 Å². The van der Waals surface area contributed by atoms with Crippen LogP contribution in [0.5, 0.6) is 0 Å². The lowest BCUT2D eigenvalue weighted by Crippen LogP contribution is -2.29. The molecule has 1 aromatic carbocycles. The van der Waals surface area contributed by atoms with Crippen molar-refractivity contribution < 1.29 is 15.0 Å². The summed E-state index contributed by atoms with van der Waals surface area (Å²) in [6.07, 6.45) is 0. The fourth-order valence-electron chi connectivity index (χ4n) is 1.42. The van der Waals surface area contributed by atoms with E-state index in [0.717, 1.165) is 0 Å². The van der Waals surface area contributed by atoms with Crippen LogP contribution in [0.1, 0.15) is 24.2 Å². The predicted molar refractivity (Wildman–Crippen MR) is 67.7 cm³/mol. The number of anilines is 1. The molecule has 1 unspecified atom stereocenters. The highest BCUT2D eigenvalue weighted by Crippen LogP contribution is 2.22. The average molecular weight is 258 g/mol. The van der Waals surface area contributed by atoms with Crippen molar-refractivity contribution in [1.29, 1.82) is 0 Å². The topological polar surface area (TPSA) is 69.6 Å². The fourth-order valence-corrected chi connectivity index (χ4v) is 1.68. The standard InChI is InChI=1S/C12H16ClNO3/c1-7(2)11(6-15)14-8-3-4-9(12(16)17)10(13)5-8/h3-5,7,11,14-15H,6H2,1-2H3,(H,16,17). The Hall–Kier alpha value is -1.26. The number of hydrogen-bond acceptors (Lipinski definition) is 3. The van der Waals surface area contributed by atoms with Gasteiger partial charge in [0.2, 0.25) is 0 Å². The lowest BCUT2D eigenvalue weighted by Gasteiger charge is -2.21. The number of hydrogen-bond donors (Lipinski definition) is 3. The molecule has 0 amide bonds. The molecule has 0 aliphatic rings. The summed E-state index contributed by atoms with van der Waals surface area (Å²) >= 11 is 5.85. The molecule has 0 fully saturated rings. The number of aliphatic hydroxyl groups is 1. The van der Waals surface area contributed by atoms with Crippen LogP contribution in [0.15, 0.2) is 18.2 Å². The SMILES string of the molecule is CC(C)C(CO)Nc1ccc(C(=O)O)c(Cl)c1. The molecule has 0 aromatic heterocycles. The summed E-state index contributed by atoms with van der Waals surface area (Å²) in [6.45, 7) is 3.98. The lowest BCUT2D eigenvalue weighted by atomic mass is 10.0. The van der Waals surface area contributed by atoms with Crippen LogP contribution >= 0.6 is 11.6 Å². The lowest BCUT2D eigenvalue weighted by molar-refractivity contribution is 0.0697. The second-order valence-corrected chi connectivity index (χ2v) is 4.58. The zero-order chi connectivity index (χ0) is 13.0. The van der Waals surface area contributed by atoms with Crippen molar-refractivity contribution in [3.05, 3.63) is 28.8 Å². The molecular weight excluding hydrogens is 242 g/mol. The predicted octanol–water partition coefficient (Wildman–Crippen LogP) is 2.47. The summed E-state index contributed by atoms with van der Waals surface area (Å²) in [6, 6.07) is 4.56. The molecule has 5 heteroatoms. The van der Waals surface area contributed by atoms with E-state index in [2.05, 4.69) is 5.32 Å². The van der Waals surface area contributed by atoms with E-state index in [1.807, 2.05) is 13.8 Å². The maximum absolute atomic E-state index is 10.8. The van der Waals surface area contributed by atoms with Crippen LogP contribution in [0.3, 0.4) is 0 Å². The third-order valence-electron chi connectivity index (χ3n) is 2.55. The fraction of sp³-hybridized carbons (Fsp3) is 0.417. The molecule has 0 radical (unpaired) electrons. The van der Waals surface area contributed by atoms with Gasteiger partial charge >= 0.3 is 5.97 Å². The van der Waals surface area contributed by atoms with Crippen LogP contribution in [0.2, 0.25) is 5.02 Å². The average Bonchev–Trinajstić information content (AvgIpc) is 2.24. The van der Waals surface area contributed by atoms with Gasteiger partial charge in [0.1, 0.15) is 0 Å². The summed E-state index contributed by atoms with van der Waals surface area (Å²) in [5, 5.41) is 21.3. The summed E-state index contributed by atoms with van der Waals surface area (Å²) in [5.74, 6) is -0.790.